The molecular formula is C23H19BrFN3O3S. The van der Waals surface area contributed by atoms with Crippen LogP contribution in [0, 0.1) is 12.7 Å². The number of rotatable bonds is 5. The fourth-order valence-electron chi connectivity index (χ4n) is 3.26. The van der Waals surface area contributed by atoms with E-state index in [-0.39, 0.29) is 16.2 Å². The minimum absolute atomic E-state index is 0.0628. The molecule has 6 nitrogen and oxygen atoms in total. The molecule has 0 radical (unpaired) electrons. The second-order valence-electron chi connectivity index (χ2n) is 7.10. The number of nitrogens with zero attached hydrogens (tertiary/aromatic N) is 2. The summed E-state index contributed by atoms with van der Waals surface area (Å²) in [5, 5.41) is 0.489. The van der Waals surface area contributed by atoms with Gasteiger partial charge in [0, 0.05) is 30.3 Å². The molecule has 164 valence electrons. The molecule has 0 atom stereocenters. The van der Waals surface area contributed by atoms with Crippen molar-refractivity contribution in [1.29, 1.82) is 0 Å². The summed E-state index contributed by atoms with van der Waals surface area (Å²) < 4.78 is 48.5. The topological polar surface area (TPSA) is 86.7 Å². The third-order valence-corrected chi connectivity index (χ3v) is 7.47. The standard InChI is InChI=1S/C23H19BrFN3O3S/c1-14-6-8-17(9-7-14)32(29,30)28-11-10-18-20(28)13-19(25)22(21(18)24)31-16-5-3-4-15(12-16)23(26)27-2/h3-13H,1-2H3,(H2,26,27). The molecule has 4 rings (SSSR count). The molecule has 0 saturated heterocycles. The highest BCUT2D eigenvalue weighted by Crippen LogP contribution is 2.39. The first-order chi connectivity index (χ1) is 15.2. The number of aromatic nitrogens is 1. The Balaban J connectivity index is 1.78. The summed E-state index contributed by atoms with van der Waals surface area (Å²) in [6, 6.07) is 16.0. The average Bonchev–Trinajstić information content (AvgIpc) is 3.21. The van der Waals surface area contributed by atoms with Gasteiger partial charge in [-0.1, -0.05) is 29.8 Å². The number of amidine groups is 1. The van der Waals surface area contributed by atoms with Crippen molar-refractivity contribution < 1.29 is 17.5 Å². The maximum absolute atomic E-state index is 15.1. The van der Waals surface area contributed by atoms with Crippen LogP contribution in [0.25, 0.3) is 10.9 Å². The van der Waals surface area contributed by atoms with Gasteiger partial charge in [0.15, 0.2) is 11.6 Å². The summed E-state index contributed by atoms with van der Waals surface area (Å²) in [5.41, 5.74) is 7.61. The summed E-state index contributed by atoms with van der Waals surface area (Å²) in [7, 11) is -2.33. The highest BCUT2D eigenvalue weighted by Gasteiger charge is 2.23. The van der Waals surface area contributed by atoms with Crippen molar-refractivity contribution in [2.75, 3.05) is 7.05 Å². The molecule has 0 spiro atoms. The van der Waals surface area contributed by atoms with Gasteiger partial charge >= 0.3 is 0 Å². The predicted molar refractivity (Wildman–Crippen MR) is 127 cm³/mol. The Kier molecular flexibility index (Phi) is 5.79. The van der Waals surface area contributed by atoms with Gasteiger partial charge in [0.05, 0.1) is 14.9 Å². The summed E-state index contributed by atoms with van der Waals surface area (Å²) in [4.78, 5) is 4.05. The largest absolute Gasteiger partial charge is 0.453 e. The van der Waals surface area contributed by atoms with Crippen LogP contribution in [0.3, 0.4) is 0 Å². The lowest BCUT2D eigenvalue weighted by Gasteiger charge is -2.13. The van der Waals surface area contributed by atoms with Gasteiger partial charge in [0.2, 0.25) is 0 Å². The number of fused-ring (bicyclic) bond motifs is 1. The van der Waals surface area contributed by atoms with Gasteiger partial charge < -0.3 is 10.5 Å². The van der Waals surface area contributed by atoms with Gasteiger partial charge in [-0.2, -0.15) is 0 Å². The van der Waals surface area contributed by atoms with Crippen molar-refractivity contribution in [2.45, 2.75) is 11.8 Å². The Morgan fingerprint density at radius 3 is 2.53 bits per heavy atom. The van der Waals surface area contributed by atoms with Gasteiger partial charge in [-0.15, -0.1) is 0 Å². The molecule has 1 heterocycles. The van der Waals surface area contributed by atoms with E-state index >= 15 is 4.39 Å². The number of hydrogen-bond acceptors (Lipinski definition) is 4. The summed E-state index contributed by atoms with van der Waals surface area (Å²) >= 11 is 3.38. The molecule has 32 heavy (non-hydrogen) atoms. The van der Waals surface area contributed by atoms with Gasteiger partial charge in [0.1, 0.15) is 11.6 Å². The first-order valence-electron chi connectivity index (χ1n) is 9.54. The normalized spacial score (nSPS) is 12.3. The zero-order valence-corrected chi connectivity index (χ0v) is 19.6. The van der Waals surface area contributed by atoms with Gasteiger partial charge in [-0.25, -0.2) is 16.8 Å². The molecule has 0 aliphatic rings. The first kappa shape index (κ1) is 22.0. The van der Waals surface area contributed by atoms with E-state index < -0.39 is 15.8 Å². The monoisotopic (exact) mass is 515 g/mol. The smallest absolute Gasteiger partial charge is 0.268 e. The minimum atomic E-state index is -3.90. The SMILES string of the molecule is CN=C(N)c1cccc(Oc2c(F)cc3c(ccn3S(=O)(=O)c3ccc(C)cc3)c2Br)c1. The Bertz CT molecular complexity index is 1460. The third kappa shape index (κ3) is 3.89. The second kappa shape index (κ2) is 8.40. The lowest BCUT2D eigenvalue weighted by atomic mass is 10.2. The number of ether oxygens (including phenoxy) is 1. The van der Waals surface area contributed by atoms with Gasteiger partial charge in [-0.05, 0) is 53.2 Å². The molecule has 0 saturated carbocycles. The first-order valence-corrected chi connectivity index (χ1v) is 11.8. The zero-order chi connectivity index (χ0) is 23.0. The number of hydrogen-bond donors (Lipinski definition) is 1. The number of halogens is 2. The van der Waals surface area contributed by atoms with Crippen LogP contribution in [0.1, 0.15) is 11.1 Å². The minimum Gasteiger partial charge on any atom is -0.453 e. The predicted octanol–water partition coefficient (Wildman–Crippen LogP) is 5.22. The maximum atomic E-state index is 15.1. The summed E-state index contributed by atoms with van der Waals surface area (Å²) in [6.45, 7) is 1.87. The highest BCUT2D eigenvalue weighted by atomic mass is 79.9. The number of aliphatic imine (C=N–C) groups is 1. The van der Waals surface area contributed by atoms with Gasteiger partial charge in [0.25, 0.3) is 10.0 Å². The Hall–Kier alpha value is -3.17. The quantitative estimate of drug-likeness (QED) is 0.291. The number of benzene rings is 3. The third-order valence-electron chi connectivity index (χ3n) is 4.97. The zero-order valence-electron chi connectivity index (χ0n) is 17.2. The van der Waals surface area contributed by atoms with Crippen molar-refractivity contribution in [3.63, 3.8) is 0 Å². The fourth-order valence-corrected chi connectivity index (χ4v) is 5.20. The van der Waals surface area contributed by atoms with Crippen LogP contribution in [-0.2, 0) is 10.0 Å². The van der Waals surface area contributed by atoms with Crippen LogP contribution in [0.15, 0.2) is 81.2 Å². The van der Waals surface area contributed by atoms with Gasteiger partial charge in [-0.3, -0.25) is 4.99 Å². The maximum Gasteiger partial charge on any atom is 0.268 e. The van der Waals surface area contributed by atoms with Crippen LogP contribution in [-0.4, -0.2) is 25.3 Å². The molecule has 0 fully saturated rings. The fraction of sp³-hybridized carbons (Fsp3) is 0.0870. The molecule has 4 aromatic rings. The van der Waals surface area contributed by atoms with Crippen LogP contribution in [0.5, 0.6) is 11.5 Å². The average molecular weight is 516 g/mol. The van der Waals surface area contributed by atoms with E-state index in [1.807, 2.05) is 6.92 Å². The number of nitrogens with two attached hydrogens (primary N) is 1. The van der Waals surface area contributed by atoms with E-state index in [4.69, 9.17) is 10.5 Å². The molecule has 0 amide bonds. The van der Waals surface area contributed by atoms with E-state index in [9.17, 15) is 8.42 Å². The lowest BCUT2D eigenvalue weighted by Crippen LogP contribution is -2.12. The van der Waals surface area contributed by atoms with Crippen LogP contribution < -0.4 is 10.5 Å². The van der Waals surface area contributed by atoms with E-state index in [0.29, 0.717) is 27.0 Å². The molecule has 0 bridgehead atoms. The molecular weight excluding hydrogens is 497 g/mol. The second-order valence-corrected chi connectivity index (χ2v) is 9.71. The van der Waals surface area contributed by atoms with E-state index in [0.717, 1.165) is 15.6 Å². The Morgan fingerprint density at radius 1 is 1.12 bits per heavy atom. The highest BCUT2D eigenvalue weighted by molar-refractivity contribution is 9.10. The van der Waals surface area contributed by atoms with Crippen LogP contribution in [0.2, 0.25) is 0 Å². The molecule has 3 aromatic carbocycles. The molecule has 2 N–H and O–H groups in total. The van der Waals surface area contributed by atoms with Crippen molar-refractivity contribution in [2.24, 2.45) is 10.7 Å². The molecule has 9 heteroatoms. The Morgan fingerprint density at radius 2 is 1.84 bits per heavy atom. The summed E-state index contributed by atoms with van der Waals surface area (Å²) in [6.07, 6.45) is 1.40. The van der Waals surface area contributed by atoms with Crippen molar-refractivity contribution >= 4 is 42.7 Å². The van der Waals surface area contributed by atoms with E-state index in [2.05, 4.69) is 20.9 Å². The van der Waals surface area contributed by atoms with E-state index in [1.54, 1.807) is 49.5 Å². The van der Waals surface area contributed by atoms with Crippen molar-refractivity contribution in [3.05, 3.63) is 88.3 Å². The molecule has 0 aliphatic heterocycles. The van der Waals surface area contributed by atoms with Crippen molar-refractivity contribution in [1.82, 2.24) is 3.97 Å². The lowest BCUT2D eigenvalue weighted by molar-refractivity contribution is 0.440. The summed E-state index contributed by atoms with van der Waals surface area (Å²) in [5.74, 6) is -0.0957. The molecule has 0 unspecified atom stereocenters. The van der Waals surface area contributed by atoms with Crippen LogP contribution >= 0.6 is 15.9 Å². The van der Waals surface area contributed by atoms with Crippen LogP contribution in [0.4, 0.5) is 4.39 Å². The molecule has 1 aromatic heterocycles. The molecule has 0 aliphatic carbocycles. The number of aryl methyl sites for hydroxylation is 1. The van der Waals surface area contributed by atoms with E-state index in [1.165, 1.54) is 18.3 Å². The Labute approximate surface area is 193 Å². The van der Waals surface area contributed by atoms with Crippen molar-refractivity contribution in [3.8, 4) is 11.5 Å².